The molecule has 0 spiro atoms. The highest BCUT2D eigenvalue weighted by Gasteiger charge is 2.13. The van der Waals surface area contributed by atoms with Gasteiger partial charge >= 0.3 is 0 Å². The molecule has 0 bridgehead atoms. The lowest BCUT2D eigenvalue weighted by molar-refractivity contribution is -0.113. The number of benzene rings is 1. The van der Waals surface area contributed by atoms with E-state index in [1.54, 1.807) is 0 Å². The fourth-order valence-corrected chi connectivity index (χ4v) is 3.58. The number of aryl methyl sites for hydroxylation is 2. The van der Waals surface area contributed by atoms with Crippen LogP contribution in [-0.4, -0.2) is 32.2 Å². The fraction of sp³-hybridized carbons (Fsp3) is 0.444. The highest BCUT2D eigenvalue weighted by Crippen LogP contribution is 2.20. The van der Waals surface area contributed by atoms with E-state index in [0.717, 1.165) is 35.4 Å². The molecule has 0 saturated heterocycles. The van der Waals surface area contributed by atoms with Gasteiger partial charge in [-0.2, -0.15) is 5.10 Å². The molecule has 1 saturated carbocycles. The maximum Gasteiger partial charge on any atom is 0.264 e. The lowest BCUT2D eigenvalue weighted by Crippen LogP contribution is -2.17. The molecule has 3 rings (SSSR count). The molecule has 1 aromatic heterocycles. The van der Waals surface area contributed by atoms with Gasteiger partial charge in [-0.05, 0) is 51.2 Å². The van der Waals surface area contributed by atoms with Crippen LogP contribution in [0, 0.1) is 13.8 Å². The van der Waals surface area contributed by atoms with Crippen molar-refractivity contribution in [3.05, 3.63) is 29.3 Å². The molecule has 0 atom stereocenters. The number of nitrogen functional groups attached to an aromatic ring is 1. The van der Waals surface area contributed by atoms with Crippen molar-refractivity contribution in [1.82, 2.24) is 14.9 Å². The Hall–Kier alpha value is -2.55. The fourth-order valence-electron chi connectivity index (χ4n) is 2.92. The molecule has 2 aromatic rings. The first-order valence-corrected chi connectivity index (χ1v) is 10.0. The van der Waals surface area contributed by atoms with Crippen LogP contribution in [-0.2, 0) is 4.79 Å². The molecule has 1 aliphatic rings. The van der Waals surface area contributed by atoms with Gasteiger partial charge in [0.05, 0.1) is 5.75 Å². The highest BCUT2D eigenvalue weighted by molar-refractivity contribution is 7.99. The van der Waals surface area contributed by atoms with Crippen LogP contribution in [0.15, 0.2) is 28.5 Å². The van der Waals surface area contributed by atoms with Crippen LogP contribution in [0.1, 0.15) is 43.2 Å². The number of hydrogen-bond donors (Lipinski definition) is 3. The molecule has 1 amide bonds. The van der Waals surface area contributed by atoms with Gasteiger partial charge in [-0.3, -0.25) is 4.79 Å². The van der Waals surface area contributed by atoms with E-state index in [9.17, 15) is 4.79 Å². The highest BCUT2D eigenvalue weighted by atomic mass is 32.2. The van der Waals surface area contributed by atoms with Crippen molar-refractivity contribution in [2.24, 2.45) is 5.10 Å². The van der Waals surface area contributed by atoms with E-state index in [-0.39, 0.29) is 11.7 Å². The first kappa shape index (κ1) is 19.2. The maximum absolute atomic E-state index is 12.2. The molecule has 1 heterocycles. The Labute approximate surface area is 163 Å². The second-order valence-electron chi connectivity index (χ2n) is 6.68. The summed E-state index contributed by atoms with van der Waals surface area (Å²) in [6.07, 6.45) is 5.62. The summed E-state index contributed by atoms with van der Waals surface area (Å²) in [7, 11) is 0. The predicted octanol–water partition coefficient (Wildman–Crippen LogP) is 3.07. The third-order valence-electron chi connectivity index (χ3n) is 4.40. The number of nitrogens with zero attached hydrogens (tertiary/aromatic N) is 4. The molecule has 1 aliphatic carbocycles. The monoisotopic (exact) mass is 387 g/mol. The Balaban J connectivity index is 1.53. The zero-order chi connectivity index (χ0) is 19.2. The van der Waals surface area contributed by atoms with E-state index < -0.39 is 0 Å². The van der Waals surface area contributed by atoms with Crippen LogP contribution in [0.4, 0.5) is 11.6 Å². The average molecular weight is 388 g/mol. The number of anilines is 2. The third kappa shape index (κ3) is 5.22. The first-order chi connectivity index (χ1) is 13.0. The molecule has 0 aliphatic heterocycles. The molecule has 144 valence electrons. The van der Waals surface area contributed by atoms with Gasteiger partial charge in [-0.1, -0.05) is 35.9 Å². The molecule has 9 heteroatoms. The molecule has 0 unspecified atom stereocenters. The number of carbonyl (C=O) groups is 1. The second-order valence-corrected chi connectivity index (χ2v) is 7.62. The Bertz CT molecular complexity index is 838. The number of nitrogens with one attached hydrogen (secondary N) is 2. The number of amides is 1. The minimum absolute atomic E-state index is 0.119. The summed E-state index contributed by atoms with van der Waals surface area (Å²) in [5, 5.41) is 15.8. The zero-order valence-corrected chi connectivity index (χ0v) is 16.5. The number of aromatic nitrogens is 3. The van der Waals surface area contributed by atoms with Gasteiger partial charge in [-0.25, -0.2) is 10.1 Å². The summed E-state index contributed by atoms with van der Waals surface area (Å²) in [5.41, 5.74) is 7.01. The Morgan fingerprint density at radius 2 is 2.04 bits per heavy atom. The topological polar surface area (TPSA) is 110 Å². The normalized spacial score (nSPS) is 14.1. The van der Waals surface area contributed by atoms with Crippen molar-refractivity contribution >= 4 is 35.0 Å². The van der Waals surface area contributed by atoms with Gasteiger partial charge in [0.25, 0.3) is 5.95 Å². The number of thioether (sulfide) groups is 1. The number of rotatable bonds is 6. The summed E-state index contributed by atoms with van der Waals surface area (Å²) >= 11 is 1.23. The number of nitrogens with two attached hydrogens (primary N) is 1. The Kier molecular flexibility index (Phi) is 6.33. The van der Waals surface area contributed by atoms with E-state index >= 15 is 0 Å². The quantitative estimate of drug-likeness (QED) is 0.399. The second kappa shape index (κ2) is 8.90. The molecular formula is C18H25N7OS. The maximum atomic E-state index is 12.2. The molecule has 1 fully saturated rings. The smallest absolute Gasteiger partial charge is 0.264 e. The Morgan fingerprint density at radius 1 is 1.26 bits per heavy atom. The van der Waals surface area contributed by atoms with Crippen LogP contribution >= 0.6 is 11.8 Å². The summed E-state index contributed by atoms with van der Waals surface area (Å²) in [6, 6.07) is 5.91. The van der Waals surface area contributed by atoms with E-state index in [4.69, 9.17) is 5.84 Å². The molecule has 1 aromatic carbocycles. The van der Waals surface area contributed by atoms with Crippen LogP contribution in [0.5, 0.6) is 0 Å². The van der Waals surface area contributed by atoms with Crippen molar-refractivity contribution in [3.8, 4) is 0 Å². The van der Waals surface area contributed by atoms with E-state index in [1.165, 1.54) is 35.7 Å². The third-order valence-corrected chi connectivity index (χ3v) is 5.34. The largest absolute Gasteiger partial charge is 0.334 e. The summed E-state index contributed by atoms with van der Waals surface area (Å²) in [6.45, 7) is 3.99. The summed E-state index contributed by atoms with van der Waals surface area (Å²) < 4.78 is 1.32. The average Bonchev–Trinajstić information content (AvgIpc) is 3.01. The standard InChI is InChI=1S/C18H25N7OS/c1-12-8-9-15(13(2)10-12)20-16(26)11-27-18-24-23-17(25(18)19)22-21-14-6-4-3-5-7-14/h8-10H,3-7,11,19H2,1-2H3,(H,20,26)(H,22,23). The SMILES string of the molecule is Cc1ccc(NC(=O)CSc2nnc(NN=C3CCCCC3)n2N)c(C)c1. The van der Waals surface area contributed by atoms with Gasteiger partial charge in [0.2, 0.25) is 11.1 Å². The summed E-state index contributed by atoms with van der Waals surface area (Å²) in [4.78, 5) is 12.2. The van der Waals surface area contributed by atoms with Crippen LogP contribution < -0.4 is 16.6 Å². The molecular weight excluding hydrogens is 362 g/mol. The molecule has 4 N–H and O–H groups in total. The van der Waals surface area contributed by atoms with Crippen molar-refractivity contribution in [1.29, 1.82) is 0 Å². The minimum atomic E-state index is -0.119. The van der Waals surface area contributed by atoms with Gasteiger partial charge in [-0.15, -0.1) is 10.2 Å². The lowest BCUT2D eigenvalue weighted by atomic mass is 9.99. The van der Waals surface area contributed by atoms with E-state index in [2.05, 4.69) is 26.0 Å². The van der Waals surface area contributed by atoms with Gasteiger partial charge in [0.1, 0.15) is 0 Å². The molecule has 27 heavy (non-hydrogen) atoms. The van der Waals surface area contributed by atoms with Gasteiger partial charge in [0, 0.05) is 11.4 Å². The zero-order valence-electron chi connectivity index (χ0n) is 15.7. The van der Waals surface area contributed by atoms with E-state index in [0.29, 0.717) is 11.1 Å². The number of carbonyl (C=O) groups excluding carboxylic acids is 1. The number of hydrogen-bond acceptors (Lipinski definition) is 7. The van der Waals surface area contributed by atoms with E-state index in [1.807, 2.05) is 32.0 Å². The summed E-state index contributed by atoms with van der Waals surface area (Å²) in [5.74, 6) is 6.44. The molecule has 8 nitrogen and oxygen atoms in total. The minimum Gasteiger partial charge on any atom is -0.334 e. The first-order valence-electron chi connectivity index (χ1n) is 9.05. The van der Waals surface area contributed by atoms with Crippen LogP contribution in [0.2, 0.25) is 0 Å². The number of hydrazone groups is 1. The van der Waals surface area contributed by atoms with Crippen molar-refractivity contribution in [2.45, 2.75) is 51.1 Å². The predicted molar refractivity (Wildman–Crippen MR) is 110 cm³/mol. The van der Waals surface area contributed by atoms with Crippen LogP contribution in [0.3, 0.4) is 0 Å². The van der Waals surface area contributed by atoms with Crippen LogP contribution in [0.25, 0.3) is 0 Å². The van der Waals surface area contributed by atoms with Crippen molar-refractivity contribution < 1.29 is 4.79 Å². The molecule has 0 radical (unpaired) electrons. The van der Waals surface area contributed by atoms with Crippen molar-refractivity contribution in [3.63, 3.8) is 0 Å². The van der Waals surface area contributed by atoms with Crippen molar-refractivity contribution in [2.75, 3.05) is 22.3 Å². The van der Waals surface area contributed by atoms with Gasteiger partial charge in [0.15, 0.2) is 0 Å². The lowest BCUT2D eigenvalue weighted by Gasteiger charge is -2.12. The Morgan fingerprint density at radius 3 is 2.78 bits per heavy atom. The van der Waals surface area contributed by atoms with Gasteiger partial charge < -0.3 is 11.2 Å².